The van der Waals surface area contributed by atoms with Gasteiger partial charge in [-0.25, -0.2) is 9.97 Å². The van der Waals surface area contributed by atoms with E-state index in [-0.39, 0.29) is 11.7 Å². The van der Waals surface area contributed by atoms with Crippen LogP contribution in [0.5, 0.6) is 11.5 Å². The predicted octanol–water partition coefficient (Wildman–Crippen LogP) is 3.87. The first-order chi connectivity index (χ1) is 11.1. The van der Waals surface area contributed by atoms with Crippen molar-refractivity contribution in [1.29, 1.82) is 0 Å². The van der Waals surface area contributed by atoms with Gasteiger partial charge in [0.05, 0.1) is 18.5 Å². The molecule has 0 atom stereocenters. The first kappa shape index (κ1) is 15.3. The van der Waals surface area contributed by atoms with Gasteiger partial charge in [-0.05, 0) is 36.4 Å². The molecule has 3 rings (SSSR count). The number of nitrogens with two attached hydrogens (primary N) is 1. The lowest BCUT2D eigenvalue weighted by molar-refractivity contribution is 0.416. The number of nitrogens with zero attached hydrogens (tertiary/aromatic N) is 2. The quantitative estimate of drug-likeness (QED) is 0.730. The zero-order valence-electron chi connectivity index (χ0n) is 12.3. The summed E-state index contributed by atoms with van der Waals surface area (Å²) >= 11 is 3.39. The third-order valence-electron chi connectivity index (χ3n) is 3.36. The monoisotopic (exact) mass is 371 g/mol. The summed E-state index contributed by atoms with van der Waals surface area (Å²) in [5.41, 5.74) is 8.40. The molecule has 3 aromatic rings. The van der Waals surface area contributed by atoms with Crippen LogP contribution in [0.25, 0.3) is 22.5 Å². The zero-order valence-corrected chi connectivity index (χ0v) is 13.9. The van der Waals surface area contributed by atoms with Crippen LogP contribution >= 0.6 is 15.9 Å². The van der Waals surface area contributed by atoms with Gasteiger partial charge in [0.25, 0.3) is 0 Å². The Morgan fingerprint density at radius 1 is 1.00 bits per heavy atom. The van der Waals surface area contributed by atoms with Crippen LogP contribution in [0.2, 0.25) is 0 Å². The van der Waals surface area contributed by atoms with Crippen LogP contribution in [0.4, 0.5) is 5.95 Å². The topological polar surface area (TPSA) is 81.3 Å². The minimum absolute atomic E-state index is 0.122. The normalized spacial score (nSPS) is 10.5. The van der Waals surface area contributed by atoms with Gasteiger partial charge in [-0.15, -0.1) is 0 Å². The van der Waals surface area contributed by atoms with Crippen molar-refractivity contribution < 1.29 is 9.84 Å². The van der Waals surface area contributed by atoms with Crippen molar-refractivity contribution >= 4 is 21.9 Å². The number of methoxy groups -OCH3 is 1. The van der Waals surface area contributed by atoms with Crippen LogP contribution in [0.1, 0.15) is 0 Å². The van der Waals surface area contributed by atoms with E-state index in [1.807, 2.05) is 24.3 Å². The summed E-state index contributed by atoms with van der Waals surface area (Å²) in [5.74, 6) is 0.940. The zero-order chi connectivity index (χ0) is 16.4. The number of hydrogen-bond acceptors (Lipinski definition) is 5. The van der Waals surface area contributed by atoms with Gasteiger partial charge in [0.15, 0.2) is 0 Å². The second kappa shape index (κ2) is 6.26. The van der Waals surface area contributed by atoms with E-state index in [9.17, 15) is 5.11 Å². The Hall–Kier alpha value is -2.60. The Balaban J connectivity index is 2.19. The van der Waals surface area contributed by atoms with Gasteiger partial charge >= 0.3 is 0 Å². The molecular formula is C17H14BrN3O2. The number of benzene rings is 2. The fourth-order valence-electron chi connectivity index (χ4n) is 2.31. The Morgan fingerprint density at radius 3 is 2.43 bits per heavy atom. The summed E-state index contributed by atoms with van der Waals surface area (Å²) in [6.45, 7) is 0. The molecule has 0 bridgehead atoms. The number of anilines is 1. The van der Waals surface area contributed by atoms with E-state index in [2.05, 4.69) is 25.9 Å². The number of phenols is 1. The molecule has 0 spiro atoms. The molecule has 0 aliphatic carbocycles. The number of aromatic nitrogens is 2. The van der Waals surface area contributed by atoms with Gasteiger partial charge in [0, 0.05) is 15.6 Å². The van der Waals surface area contributed by atoms with Crippen LogP contribution in [0, 0.1) is 0 Å². The molecule has 3 N–H and O–H groups in total. The molecule has 2 aromatic carbocycles. The number of para-hydroxylation sites is 1. The largest absolute Gasteiger partial charge is 0.507 e. The number of ether oxygens (including phenoxy) is 1. The van der Waals surface area contributed by atoms with Crippen molar-refractivity contribution in [2.75, 3.05) is 12.8 Å². The molecule has 0 saturated heterocycles. The third-order valence-corrected chi connectivity index (χ3v) is 3.85. The molecule has 0 aliphatic heterocycles. The van der Waals surface area contributed by atoms with Crippen molar-refractivity contribution in [3.8, 4) is 34.0 Å². The number of rotatable bonds is 3. The van der Waals surface area contributed by atoms with E-state index >= 15 is 0 Å². The van der Waals surface area contributed by atoms with Gasteiger partial charge in [-0.3, -0.25) is 0 Å². The molecule has 5 nitrogen and oxygen atoms in total. The SMILES string of the molecule is COc1ccccc1-c1cc(-c2cc(Br)ccc2O)nc(N)n1. The van der Waals surface area contributed by atoms with Gasteiger partial charge in [0.1, 0.15) is 11.5 Å². The molecule has 1 aromatic heterocycles. The molecular weight excluding hydrogens is 358 g/mol. The van der Waals surface area contributed by atoms with Crippen LogP contribution in [-0.4, -0.2) is 22.2 Å². The molecule has 6 heteroatoms. The highest BCUT2D eigenvalue weighted by molar-refractivity contribution is 9.10. The minimum Gasteiger partial charge on any atom is -0.507 e. The Morgan fingerprint density at radius 2 is 1.70 bits per heavy atom. The Bertz CT molecular complexity index is 868. The predicted molar refractivity (Wildman–Crippen MR) is 93.2 cm³/mol. The van der Waals surface area contributed by atoms with Crippen molar-refractivity contribution in [1.82, 2.24) is 9.97 Å². The van der Waals surface area contributed by atoms with Crippen molar-refractivity contribution in [2.45, 2.75) is 0 Å². The molecule has 0 fully saturated rings. The number of halogens is 1. The second-order valence-electron chi connectivity index (χ2n) is 4.86. The van der Waals surface area contributed by atoms with Crippen molar-refractivity contribution in [2.24, 2.45) is 0 Å². The summed E-state index contributed by atoms with van der Waals surface area (Å²) in [6, 6.07) is 14.4. The summed E-state index contributed by atoms with van der Waals surface area (Å²) < 4.78 is 6.20. The molecule has 1 heterocycles. The van der Waals surface area contributed by atoms with E-state index in [1.54, 1.807) is 31.4 Å². The van der Waals surface area contributed by atoms with E-state index < -0.39 is 0 Å². The highest BCUT2D eigenvalue weighted by Crippen LogP contribution is 2.34. The van der Waals surface area contributed by atoms with Crippen LogP contribution < -0.4 is 10.5 Å². The molecule has 116 valence electrons. The smallest absolute Gasteiger partial charge is 0.221 e. The molecule has 0 unspecified atom stereocenters. The second-order valence-corrected chi connectivity index (χ2v) is 5.77. The Labute approximate surface area is 141 Å². The first-order valence-corrected chi connectivity index (χ1v) is 7.64. The van der Waals surface area contributed by atoms with Gasteiger partial charge in [0.2, 0.25) is 5.95 Å². The number of hydrogen-bond donors (Lipinski definition) is 2. The van der Waals surface area contributed by atoms with Gasteiger partial charge in [-0.2, -0.15) is 0 Å². The molecule has 0 saturated carbocycles. The highest BCUT2D eigenvalue weighted by atomic mass is 79.9. The van der Waals surface area contributed by atoms with Crippen molar-refractivity contribution in [3.05, 3.63) is 53.0 Å². The summed E-state index contributed by atoms with van der Waals surface area (Å²) in [4.78, 5) is 8.52. The number of phenolic OH excluding ortho intramolecular Hbond substituents is 1. The maximum atomic E-state index is 10.1. The van der Waals surface area contributed by atoms with Crippen LogP contribution in [0.3, 0.4) is 0 Å². The number of aromatic hydroxyl groups is 1. The third kappa shape index (κ3) is 3.12. The minimum atomic E-state index is 0.122. The standard InChI is InChI=1S/C17H14BrN3O2/c1-23-16-5-3-2-4-11(16)13-9-14(21-17(19)20-13)12-8-10(18)6-7-15(12)22/h2-9,22H,1H3,(H2,19,20,21). The van der Waals surface area contributed by atoms with Crippen LogP contribution in [-0.2, 0) is 0 Å². The maximum Gasteiger partial charge on any atom is 0.221 e. The maximum absolute atomic E-state index is 10.1. The molecule has 23 heavy (non-hydrogen) atoms. The van der Waals surface area contributed by atoms with Gasteiger partial charge in [-0.1, -0.05) is 28.1 Å². The summed E-state index contributed by atoms with van der Waals surface area (Å²) in [6.07, 6.45) is 0. The molecule has 0 amide bonds. The van der Waals surface area contributed by atoms with E-state index in [1.165, 1.54) is 0 Å². The highest BCUT2D eigenvalue weighted by Gasteiger charge is 2.13. The number of nitrogen functional groups attached to an aromatic ring is 1. The molecule has 0 radical (unpaired) electrons. The van der Waals surface area contributed by atoms with Crippen molar-refractivity contribution in [3.63, 3.8) is 0 Å². The Kier molecular flexibility index (Phi) is 4.16. The average Bonchev–Trinajstić information content (AvgIpc) is 2.56. The fraction of sp³-hybridized carbons (Fsp3) is 0.0588. The first-order valence-electron chi connectivity index (χ1n) is 6.85. The van der Waals surface area contributed by atoms with Gasteiger partial charge < -0.3 is 15.6 Å². The lowest BCUT2D eigenvalue weighted by Gasteiger charge is -2.10. The fourth-order valence-corrected chi connectivity index (χ4v) is 2.67. The lowest BCUT2D eigenvalue weighted by Crippen LogP contribution is -1.99. The average molecular weight is 372 g/mol. The van der Waals surface area contributed by atoms with E-state index in [4.69, 9.17) is 10.5 Å². The lowest BCUT2D eigenvalue weighted by atomic mass is 10.1. The van der Waals surface area contributed by atoms with E-state index in [0.717, 1.165) is 10.0 Å². The van der Waals surface area contributed by atoms with E-state index in [0.29, 0.717) is 22.7 Å². The summed E-state index contributed by atoms with van der Waals surface area (Å²) in [5, 5.41) is 10.1. The summed E-state index contributed by atoms with van der Waals surface area (Å²) in [7, 11) is 1.60. The van der Waals surface area contributed by atoms with Crippen LogP contribution in [0.15, 0.2) is 53.0 Å². The molecule has 0 aliphatic rings.